The Kier molecular flexibility index (Phi) is 7.31. The van der Waals surface area contributed by atoms with Crippen LogP contribution in [0.4, 0.5) is 5.69 Å². The normalized spacial score (nSPS) is 40.9. The van der Waals surface area contributed by atoms with Crippen LogP contribution in [-0.4, -0.2) is 44.5 Å². The minimum Gasteiger partial charge on any atom is -0.507 e. The van der Waals surface area contributed by atoms with E-state index in [2.05, 4.69) is 26.1 Å². The first-order chi connectivity index (χ1) is 17.9. The lowest BCUT2D eigenvalue weighted by Gasteiger charge is -2.62. The second-order valence-corrected chi connectivity index (χ2v) is 13.6. The fourth-order valence-electron chi connectivity index (χ4n) is 9.74. The van der Waals surface area contributed by atoms with E-state index in [0.717, 1.165) is 51.4 Å². The number of carbonyl (C=O) groups is 2. The van der Waals surface area contributed by atoms with Crippen LogP contribution in [-0.2, 0) is 4.79 Å². The van der Waals surface area contributed by atoms with E-state index >= 15 is 0 Å². The van der Waals surface area contributed by atoms with Crippen molar-refractivity contribution in [2.75, 3.05) is 5.32 Å². The van der Waals surface area contributed by atoms with Crippen molar-refractivity contribution < 1.29 is 30.0 Å². The molecule has 0 bridgehead atoms. The molecule has 0 heterocycles. The molecule has 4 aliphatic carbocycles. The van der Waals surface area contributed by atoms with Gasteiger partial charge in [0.15, 0.2) is 0 Å². The van der Waals surface area contributed by atoms with Crippen molar-refractivity contribution in [1.82, 2.24) is 0 Å². The fraction of sp³-hybridized carbons (Fsp3) is 0.742. The third kappa shape index (κ3) is 4.64. The van der Waals surface area contributed by atoms with E-state index in [9.17, 15) is 30.0 Å². The Balaban J connectivity index is 1.23. The predicted molar refractivity (Wildman–Crippen MR) is 145 cm³/mol. The summed E-state index contributed by atoms with van der Waals surface area (Å²) >= 11 is 0. The summed E-state index contributed by atoms with van der Waals surface area (Å²) in [6.07, 6.45) is 8.83. The average Bonchev–Trinajstić information content (AvgIpc) is 3.22. The van der Waals surface area contributed by atoms with Gasteiger partial charge in [0.25, 0.3) is 0 Å². The molecule has 0 aliphatic heterocycles. The third-order valence-corrected chi connectivity index (χ3v) is 11.8. The van der Waals surface area contributed by atoms with Crippen LogP contribution in [0.2, 0.25) is 0 Å². The van der Waals surface area contributed by atoms with Crippen LogP contribution < -0.4 is 5.32 Å². The van der Waals surface area contributed by atoms with Gasteiger partial charge in [0.2, 0.25) is 5.91 Å². The zero-order valence-corrected chi connectivity index (χ0v) is 23.0. The van der Waals surface area contributed by atoms with Crippen LogP contribution in [0, 0.1) is 46.3 Å². The molecule has 5 rings (SSSR count). The van der Waals surface area contributed by atoms with Crippen molar-refractivity contribution in [3.8, 4) is 5.75 Å². The van der Waals surface area contributed by atoms with Gasteiger partial charge < -0.3 is 25.7 Å². The lowest BCUT2D eigenvalue weighted by atomic mass is 9.43. The molecule has 0 unspecified atom stereocenters. The van der Waals surface area contributed by atoms with Crippen LogP contribution in [0.1, 0.15) is 95.3 Å². The van der Waals surface area contributed by atoms with Crippen LogP contribution >= 0.6 is 0 Å². The number of phenols is 1. The lowest BCUT2D eigenvalue weighted by molar-refractivity contribution is -0.174. The van der Waals surface area contributed by atoms with Gasteiger partial charge >= 0.3 is 5.97 Å². The Morgan fingerprint density at radius 2 is 1.74 bits per heavy atom. The minimum absolute atomic E-state index is 0.150. The second-order valence-electron chi connectivity index (χ2n) is 13.6. The molecular formula is C31H45NO6. The van der Waals surface area contributed by atoms with Crippen LogP contribution in [0.5, 0.6) is 5.75 Å². The third-order valence-electron chi connectivity index (χ3n) is 11.8. The zero-order valence-electron chi connectivity index (χ0n) is 23.0. The maximum atomic E-state index is 12.7. The maximum Gasteiger partial charge on any atom is 0.339 e. The summed E-state index contributed by atoms with van der Waals surface area (Å²) in [5.41, 5.74) is 0.535. The van der Waals surface area contributed by atoms with Gasteiger partial charge in [-0.05, 0) is 122 Å². The number of carboxylic acid groups (broad SMARTS) is 1. The van der Waals surface area contributed by atoms with Crippen molar-refractivity contribution in [3.05, 3.63) is 23.8 Å². The highest BCUT2D eigenvalue weighted by atomic mass is 16.4. The first kappa shape index (κ1) is 27.4. The van der Waals surface area contributed by atoms with E-state index in [1.54, 1.807) is 0 Å². The Labute approximate surface area is 226 Å². The van der Waals surface area contributed by atoms with E-state index in [1.807, 2.05) is 0 Å². The number of aromatic carboxylic acids is 1. The standard InChI is InChI=1S/C31H45NO6/c1-17(4-9-27(36)32-19-5-8-25(34)21(16-19)29(37)38)22-6-7-23-28-24(11-13-31(22,23)3)30(2)12-10-20(33)14-18(30)15-26(28)35/h5,8,16-18,20,22-24,26,28,33-35H,4,6-7,9-15H2,1-3H3,(H,32,36)(H,37,38)/t17-,18+,20-,22-,23+,24+,26-,28+,30+,31-/m1/s1. The van der Waals surface area contributed by atoms with Gasteiger partial charge in [0.05, 0.1) is 12.2 Å². The fourth-order valence-corrected chi connectivity index (χ4v) is 9.74. The van der Waals surface area contributed by atoms with Crippen LogP contribution in [0.15, 0.2) is 18.2 Å². The molecule has 10 atom stereocenters. The van der Waals surface area contributed by atoms with Gasteiger partial charge in [-0.25, -0.2) is 4.79 Å². The molecule has 210 valence electrons. The van der Waals surface area contributed by atoms with Crippen molar-refractivity contribution in [2.24, 2.45) is 46.3 Å². The van der Waals surface area contributed by atoms with Crippen molar-refractivity contribution in [3.63, 3.8) is 0 Å². The van der Waals surface area contributed by atoms with Gasteiger partial charge in [-0.3, -0.25) is 4.79 Å². The molecule has 0 radical (unpaired) electrons. The number of rotatable bonds is 6. The largest absolute Gasteiger partial charge is 0.507 e. The molecule has 38 heavy (non-hydrogen) atoms. The first-order valence-corrected chi connectivity index (χ1v) is 14.7. The number of carbonyl (C=O) groups excluding carboxylic acids is 1. The van der Waals surface area contributed by atoms with Crippen molar-refractivity contribution >= 4 is 17.6 Å². The van der Waals surface area contributed by atoms with Crippen LogP contribution in [0.25, 0.3) is 0 Å². The van der Waals surface area contributed by atoms with E-state index in [-0.39, 0.29) is 40.3 Å². The van der Waals surface area contributed by atoms with Gasteiger partial charge in [0, 0.05) is 12.1 Å². The second kappa shape index (κ2) is 10.1. The van der Waals surface area contributed by atoms with E-state index in [4.69, 9.17) is 0 Å². The summed E-state index contributed by atoms with van der Waals surface area (Å²) in [5, 5.41) is 43.4. The molecule has 7 heteroatoms. The zero-order chi connectivity index (χ0) is 27.4. The number of anilines is 1. The number of hydrogen-bond donors (Lipinski definition) is 5. The summed E-state index contributed by atoms with van der Waals surface area (Å²) in [6, 6.07) is 4.08. The predicted octanol–water partition coefficient (Wildman–Crippen LogP) is 5.44. The number of nitrogens with one attached hydrogen (secondary N) is 1. The number of aromatic hydroxyl groups is 1. The van der Waals surface area contributed by atoms with Gasteiger partial charge in [-0.1, -0.05) is 20.8 Å². The highest BCUT2D eigenvalue weighted by molar-refractivity contribution is 5.95. The smallest absolute Gasteiger partial charge is 0.339 e. The molecule has 0 saturated heterocycles. The number of hydrogen-bond acceptors (Lipinski definition) is 5. The molecule has 1 aromatic rings. The lowest BCUT2D eigenvalue weighted by Crippen LogP contribution is -2.58. The number of amides is 1. The molecular weight excluding hydrogens is 482 g/mol. The number of aliphatic hydroxyl groups excluding tert-OH is 2. The molecule has 4 saturated carbocycles. The summed E-state index contributed by atoms with van der Waals surface area (Å²) in [7, 11) is 0. The number of aliphatic hydroxyl groups is 2. The molecule has 5 N–H and O–H groups in total. The van der Waals surface area contributed by atoms with Crippen LogP contribution in [0.3, 0.4) is 0 Å². The SMILES string of the molecule is C[C@H](CCC(=O)Nc1ccc(O)c(C(=O)O)c1)[C@H]1CC[C@H]2[C@@H]3[C@H](O)C[C@@H]4C[C@H](O)CC[C@]4(C)[C@H]3CC[C@]12C. The van der Waals surface area contributed by atoms with Gasteiger partial charge in [-0.2, -0.15) is 0 Å². The van der Waals surface area contributed by atoms with E-state index in [1.165, 1.54) is 24.6 Å². The summed E-state index contributed by atoms with van der Waals surface area (Å²) in [5.74, 6) is 0.969. The Morgan fingerprint density at radius 1 is 1.03 bits per heavy atom. The van der Waals surface area contributed by atoms with E-state index < -0.39 is 5.97 Å². The highest BCUT2D eigenvalue weighted by Crippen LogP contribution is 2.68. The monoisotopic (exact) mass is 527 g/mol. The first-order valence-electron chi connectivity index (χ1n) is 14.7. The Morgan fingerprint density at radius 3 is 2.47 bits per heavy atom. The Bertz CT molecular complexity index is 1070. The van der Waals surface area contributed by atoms with E-state index in [0.29, 0.717) is 47.6 Å². The average molecular weight is 528 g/mol. The molecule has 0 spiro atoms. The minimum atomic E-state index is -1.24. The molecule has 4 fully saturated rings. The summed E-state index contributed by atoms with van der Waals surface area (Å²) in [4.78, 5) is 24.0. The summed E-state index contributed by atoms with van der Waals surface area (Å²) in [6.45, 7) is 7.15. The van der Waals surface area contributed by atoms with Gasteiger partial charge in [0.1, 0.15) is 11.3 Å². The Hall–Kier alpha value is -2.12. The molecule has 4 aliphatic rings. The summed E-state index contributed by atoms with van der Waals surface area (Å²) < 4.78 is 0. The quantitative estimate of drug-likeness (QED) is 0.314. The molecule has 7 nitrogen and oxygen atoms in total. The maximum absolute atomic E-state index is 12.7. The van der Waals surface area contributed by atoms with Crippen molar-refractivity contribution in [2.45, 2.75) is 97.2 Å². The highest BCUT2D eigenvalue weighted by Gasteiger charge is 2.62. The van der Waals surface area contributed by atoms with Crippen molar-refractivity contribution in [1.29, 1.82) is 0 Å². The number of carboxylic acids is 1. The molecule has 1 amide bonds. The topological polar surface area (TPSA) is 127 Å². The molecule has 0 aromatic heterocycles. The number of fused-ring (bicyclic) bond motifs is 5. The van der Waals surface area contributed by atoms with Gasteiger partial charge in [-0.15, -0.1) is 0 Å². The number of benzene rings is 1. The molecule has 1 aromatic carbocycles.